The highest BCUT2D eigenvalue weighted by Crippen LogP contribution is 2.35. The van der Waals surface area contributed by atoms with E-state index in [-0.39, 0.29) is 23.0 Å². The smallest absolute Gasteiger partial charge is 0.378 e. The molecule has 0 aromatic heterocycles. The van der Waals surface area contributed by atoms with Crippen molar-refractivity contribution < 1.29 is 13.2 Å². The largest absolute Gasteiger partial charge is 0.407 e. The van der Waals surface area contributed by atoms with Crippen molar-refractivity contribution in [2.45, 2.75) is 12.2 Å². The molecule has 98 valence electrons. The molecule has 0 aliphatic rings. The summed E-state index contributed by atoms with van der Waals surface area (Å²) in [5.41, 5.74) is 5.69. The molecule has 0 amide bonds. The first kappa shape index (κ1) is 16.4. The molecule has 0 spiro atoms. The molecule has 7 heteroatoms. The molecule has 0 heterocycles. The monoisotopic (exact) mass is 288 g/mol. The Kier molecular flexibility index (Phi) is 5.58. The fourth-order valence-electron chi connectivity index (χ4n) is 1.22. The van der Waals surface area contributed by atoms with E-state index in [1.807, 2.05) is 0 Å². The lowest BCUT2D eigenvalue weighted by Gasteiger charge is -2.19. The van der Waals surface area contributed by atoms with Gasteiger partial charge in [0, 0.05) is 24.8 Å². The predicted octanol–water partition coefficient (Wildman–Crippen LogP) is 3.39. The van der Waals surface area contributed by atoms with Gasteiger partial charge >= 0.3 is 6.18 Å². The van der Waals surface area contributed by atoms with E-state index in [2.05, 4.69) is 0 Å². The number of alkyl halides is 3. The average molecular weight is 289 g/mol. The molecule has 1 aromatic rings. The van der Waals surface area contributed by atoms with Crippen LogP contribution in [0.15, 0.2) is 18.2 Å². The summed E-state index contributed by atoms with van der Waals surface area (Å²) in [6.07, 6.45) is -4.48. The van der Waals surface area contributed by atoms with Gasteiger partial charge in [-0.2, -0.15) is 13.2 Å². The Balaban J connectivity index is 0.00000256. The van der Waals surface area contributed by atoms with Gasteiger partial charge in [0.2, 0.25) is 0 Å². The molecule has 0 saturated carbocycles. The number of anilines is 1. The van der Waals surface area contributed by atoms with Crippen LogP contribution in [0, 0.1) is 0 Å². The first-order chi connectivity index (χ1) is 7.23. The maximum Gasteiger partial charge on any atom is 0.407 e. The molecule has 0 unspecified atom stereocenters. The predicted molar refractivity (Wildman–Crippen MR) is 66.0 cm³/mol. The van der Waals surface area contributed by atoms with E-state index in [1.165, 1.54) is 12.1 Å². The lowest BCUT2D eigenvalue weighted by atomic mass is 10.1. The SMILES string of the molecule is CN(C)c1ccc([C@H](N)C(F)(F)F)c(Cl)c1.Cl. The normalized spacial score (nSPS) is 12.9. The number of nitrogens with zero attached hydrogens (tertiary/aromatic N) is 1. The molecule has 0 radical (unpaired) electrons. The van der Waals surface area contributed by atoms with Gasteiger partial charge in [0.05, 0.1) is 0 Å². The minimum atomic E-state index is -4.48. The number of hydrogen-bond acceptors (Lipinski definition) is 2. The number of benzene rings is 1. The standard InChI is InChI=1S/C10H12ClF3N2.ClH/c1-16(2)6-3-4-7(8(11)5-6)9(15)10(12,13)14;/h3-5,9H,15H2,1-2H3;1H/t9-;/m0./s1. The molecule has 1 atom stereocenters. The number of halogens is 5. The van der Waals surface area contributed by atoms with Crippen LogP contribution < -0.4 is 10.6 Å². The van der Waals surface area contributed by atoms with E-state index < -0.39 is 12.2 Å². The zero-order chi connectivity index (χ0) is 12.5. The van der Waals surface area contributed by atoms with Crippen molar-refractivity contribution in [3.63, 3.8) is 0 Å². The van der Waals surface area contributed by atoms with Crippen LogP contribution in [0.3, 0.4) is 0 Å². The van der Waals surface area contributed by atoms with Gasteiger partial charge in [0.25, 0.3) is 0 Å². The Morgan fingerprint density at radius 1 is 1.29 bits per heavy atom. The van der Waals surface area contributed by atoms with Crippen LogP contribution in [0.4, 0.5) is 18.9 Å². The van der Waals surface area contributed by atoms with Crippen LogP contribution >= 0.6 is 24.0 Å². The van der Waals surface area contributed by atoms with E-state index in [0.29, 0.717) is 0 Å². The molecule has 1 rings (SSSR count). The molecule has 0 aliphatic carbocycles. The zero-order valence-electron chi connectivity index (χ0n) is 9.25. The Labute approximate surface area is 109 Å². The molecule has 1 aromatic carbocycles. The Morgan fingerprint density at radius 2 is 1.82 bits per heavy atom. The summed E-state index contributed by atoms with van der Waals surface area (Å²) >= 11 is 5.77. The second kappa shape index (κ2) is 5.80. The van der Waals surface area contributed by atoms with E-state index in [1.54, 1.807) is 25.1 Å². The third-order valence-corrected chi connectivity index (χ3v) is 2.52. The highest BCUT2D eigenvalue weighted by molar-refractivity contribution is 6.31. The van der Waals surface area contributed by atoms with Crippen LogP contribution in [-0.4, -0.2) is 20.3 Å². The van der Waals surface area contributed by atoms with Gasteiger partial charge in [-0.15, -0.1) is 12.4 Å². The van der Waals surface area contributed by atoms with Crippen LogP contribution in [0.25, 0.3) is 0 Å². The molecule has 0 fully saturated rings. The topological polar surface area (TPSA) is 29.3 Å². The van der Waals surface area contributed by atoms with Gasteiger partial charge < -0.3 is 10.6 Å². The summed E-state index contributed by atoms with van der Waals surface area (Å²) in [4.78, 5) is 1.74. The average Bonchev–Trinajstić information content (AvgIpc) is 2.15. The summed E-state index contributed by atoms with van der Waals surface area (Å²) in [5.74, 6) is 0. The Morgan fingerprint density at radius 3 is 2.18 bits per heavy atom. The minimum absolute atomic E-state index is 0. The molecule has 17 heavy (non-hydrogen) atoms. The van der Waals surface area contributed by atoms with Gasteiger partial charge in [0.1, 0.15) is 6.04 Å². The number of hydrogen-bond donors (Lipinski definition) is 1. The van der Waals surface area contributed by atoms with Gasteiger partial charge in [-0.1, -0.05) is 17.7 Å². The first-order valence-electron chi connectivity index (χ1n) is 4.52. The van der Waals surface area contributed by atoms with Crippen molar-refractivity contribution in [2.24, 2.45) is 5.73 Å². The molecule has 2 nitrogen and oxygen atoms in total. The highest BCUT2D eigenvalue weighted by atomic mass is 35.5. The van der Waals surface area contributed by atoms with Crippen molar-refractivity contribution in [1.29, 1.82) is 0 Å². The summed E-state index contributed by atoms with van der Waals surface area (Å²) < 4.78 is 37.1. The van der Waals surface area contributed by atoms with Crippen LogP contribution in [0.2, 0.25) is 5.02 Å². The van der Waals surface area contributed by atoms with Crippen LogP contribution in [-0.2, 0) is 0 Å². The van der Waals surface area contributed by atoms with Gasteiger partial charge in [-0.05, 0) is 17.7 Å². The summed E-state index contributed by atoms with van der Waals surface area (Å²) in [7, 11) is 3.55. The molecular formula is C10H13Cl2F3N2. The first-order valence-corrected chi connectivity index (χ1v) is 4.90. The third kappa shape index (κ3) is 3.94. The van der Waals surface area contributed by atoms with Crippen molar-refractivity contribution in [1.82, 2.24) is 0 Å². The van der Waals surface area contributed by atoms with Crippen LogP contribution in [0.5, 0.6) is 0 Å². The lowest BCUT2D eigenvalue weighted by Crippen LogP contribution is -2.28. The van der Waals surface area contributed by atoms with E-state index >= 15 is 0 Å². The maximum atomic E-state index is 12.4. The maximum absolute atomic E-state index is 12.4. The van der Waals surface area contributed by atoms with E-state index in [0.717, 1.165) is 5.69 Å². The Hall–Kier alpha value is -0.650. The van der Waals surface area contributed by atoms with Crippen molar-refractivity contribution >= 4 is 29.7 Å². The summed E-state index contributed by atoms with van der Waals surface area (Å²) in [6.45, 7) is 0. The van der Waals surface area contributed by atoms with E-state index in [9.17, 15) is 13.2 Å². The Bertz CT molecular complexity index is 380. The van der Waals surface area contributed by atoms with Crippen molar-refractivity contribution in [3.8, 4) is 0 Å². The lowest BCUT2D eigenvalue weighted by molar-refractivity contribution is -0.149. The quantitative estimate of drug-likeness (QED) is 0.904. The second-order valence-electron chi connectivity index (χ2n) is 3.62. The fraction of sp³-hybridized carbons (Fsp3) is 0.400. The van der Waals surface area contributed by atoms with Gasteiger partial charge in [0.15, 0.2) is 0 Å². The third-order valence-electron chi connectivity index (χ3n) is 2.19. The molecule has 0 aliphatic heterocycles. The molecular weight excluding hydrogens is 276 g/mol. The highest BCUT2D eigenvalue weighted by Gasteiger charge is 2.38. The second-order valence-corrected chi connectivity index (χ2v) is 4.03. The van der Waals surface area contributed by atoms with Gasteiger partial charge in [-0.3, -0.25) is 0 Å². The molecule has 0 saturated heterocycles. The number of rotatable bonds is 2. The fourth-order valence-corrected chi connectivity index (χ4v) is 1.52. The van der Waals surface area contributed by atoms with Crippen molar-refractivity contribution in [2.75, 3.05) is 19.0 Å². The van der Waals surface area contributed by atoms with Crippen molar-refractivity contribution in [3.05, 3.63) is 28.8 Å². The molecule has 2 N–H and O–H groups in total. The molecule has 0 bridgehead atoms. The van der Waals surface area contributed by atoms with Crippen LogP contribution in [0.1, 0.15) is 11.6 Å². The number of nitrogens with two attached hydrogens (primary N) is 1. The van der Waals surface area contributed by atoms with E-state index in [4.69, 9.17) is 17.3 Å². The van der Waals surface area contributed by atoms with Gasteiger partial charge in [-0.25, -0.2) is 0 Å². The minimum Gasteiger partial charge on any atom is -0.378 e. The summed E-state index contributed by atoms with van der Waals surface area (Å²) in [6, 6.07) is 2.27. The summed E-state index contributed by atoms with van der Waals surface area (Å²) in [5, 5.41) is 0.0241. The zero-order valence-corrected chi connectivity index (χ0v) is 10.8.